The minimum Gasteiger partial charge on any atom is -0.475 e. The van der Waals surface area contributed by atoms with E-state index in [-0.39, 0.29) is 11.9 Å². The van der Waals surface area contributed by atoms with E-state index in [2.05, 4.69) is 14.9 Å². The molecule has 3 heterocycles. The number of anilines is 1. The first-order valence-corrected chi connectivity index (χ1v) is 7.68. The molecule has 1 unspecified atom stereocenters. The average Bonchev–Trinajstić information content (AvgIpc) is 3.26. The molecule has 7 nitrogen and oxygen atoms in total. The summed E-state index contributed by atoms with van der Waals surface area (Å²) in [5, 5.41) is 0. The van der Waals surface area contributed by atoms with Crippen molar-refractivity contribution in [3.05, 3.63) is 36.5 Å². The first-order valence-electron chi connectivity index (χ1n) is 7.68. The van der Waals surface area contributed by atoms with Gasteiger partial charge < -0.3 is 19.0 Å². The third-order valence-corrected chi connectivity index (χ3v) is 4.03. The molecule has 23 heavy (non-hydrogen) atoms. The molecule has 122 valence electrons. The zero-order chi connectivity index (χ0) is 16.2. The van der Waals surface area contributed by atoms with Crippen LogP contribution in [0.2, 0.25) is 0 Å². The van der Waals surface area contributed by atoms with Crippen molar-refractivity contribution in [2.45, 2.75) is 19.4 Å². The summed E-state index contributed by atoms with van der Waals surface area (Å²) >= 11 is 0. The number of ether oxygens (including phenoxy) is 1. The van der Waals surface area contributed by atoms with E-state index >= 15 is 0 Å². The van der Waals surface area contributed by atoms with Crippen LogP contribution in [0.1, 0.15) is 23.7 Å². The summed E-state index contributed by atoms with van der Waals surface area (Å²) in [4.78, 5) is 24.9. The van der Waals surface area contributed by atoms with Gasteiger partial charge in [-0.25, -0.2) is 9.97 Å². The van der Waals surface area contributed by atoms with Gasteiger partial charge in [-0.1, -0.05) is 0 Å². The highest BCUT2D eigenvalue weighted by Crippen LogP contribution is 2.27. The van der Waals surface area contributed by atoms with Crippen molar-refractivity contribution in [1.82, 2.24) is 14.9 Å². The normalized spacial score (nSPS) is 17.3. The van der Waals surface area contributed by atoms with E-state index in [1.54, 1.807) is 23.4 Å². The zero-order valence-electron chi connectivity index (χ0n) is 13.3. The molecule has 0 spiro atoms. The molecule has 2 aromatic heterocycles. The maximum atomic E-state index is 12.4. The molecule has 1 saturated heterocycles. The molecule has 0 aromatic carbocycles. The van der Waals surface area contributed by atoms with Gasteiger partial charge in [-0.05, 0) is 19.4 Å². The molecule has 3 rings (SSSR count). The summed E-state index contributed by atoms with van der Waals surface area (Å²) < 4.78 is 10.5. The number of nitrogens with zero attached hydrogens (tertiary/aromatic N) is 4. The summed E-state index contributed by atoms with van der Waals surface area (Å²) in [5.41, 5.74) is 0.570. The first kappa shape index (κ1) is 15.3. The van der Waals surface area contributed by atoms with Gasteiger partial charge in [-0.15, -0.1) is 0 Å². The summed E-state index contributed by atoms with van der Waals surface area (Å²) in [6.07, 6.45) is 7.14. The predicted octanol–water partition coefficient (Wildman–Crippen LogP) is 1.82. The molecule has 0 saturated carbocycles. The highest BCUT2D eigenvalue weighted by Gasteiger charge is 2.31. The van der Waals surface area contributed by atoms with Gasteiger partial charge in [-0.3, -0.25) is 4.79 Å². The fourth-order valence-corrected chi connectivity index (χ4v) is 2.78. The molecule has 1 aliphatic rings. The van der Waals surface area contributed by atoms with E-state index in [9.17, 15) is 4.79 Å². The summed E-state index contributed by atoms with van der Waals surface area (Å²) in [6, 6.07) is 1.80. The molecular weight excluding hydrogens is 296 g/mol. The third-order valence-electron chi connectivity index (χ3n) is 4.03. The number of rotatable bonds is 5. The summed E-state index contributed by atoms with van der Waals surface area (Å²) in [6.45, 7) is 3.98. The SMILES string of the molecule is CCOc1nccnc1N1CCC(N(C)C(=O)c2ccoc2)C1. The molecule has 2 aromatic rings. The molecule has 1 amide bonds. The van der Waals surface area contributed by atoms with Crippen molar-refractivity contribution in [3.63, 3.8) is 0 Å². The first-order chi connectivity index (χ1) is 11.2. The van der Waals surface area contributed by atoms with Crippen LogP contribution in [0.15, 0.2) is 35.4 Å². The zero-order valence-corrected chi connectivity index (χ0v) is 13.3. The third kappa shape index (κ3) is 3.13. The Morgan fingerprint density at radius 1 is 1.48 bits per heavy atom. The number of carbonyl (C=O) groups is 1. The Kier molecular flexibility index (Phi) is 4.45. The van der Waals surface area contributed by atoms with Crippen LogP contribution in [0.5, 0.6) is 5.88 Å². The lowest BCUT2D eigenvalue weighted by atomic mass is 10.2. The Morgan fingerprint density at radius 3 is 3.04 bits per heavy atom. The summed E-state index contributed by atoms with van der Waals surface area (Å²) in [5.74, 6) is 1.25. The number of amides is 1. The van der Waals surface area contributed by atoms with Crippen LogP contribution in [0.4, 0.5) is 5.82 Å². The van der Waals surface area contributed by atoms with Crippen molar-refractivity contribution in [2.24, 2.45) is 0 Å². The number of carbonyl (C=O) groups excluding carboxylic acids is 1. The molecule has 0 radical (unpaired) electrons. The van der Waals surface area contributed by atoms with Crippen molar-refractivity contribution >= 4 is 11.7 Å². The van der Waals surface area contributed by atoms with Crippen LogP contribution in [0, 0.1) is 0 Å². The molecular formula is C16H20N4O3. The highest BCUT2D eigenvalue weighted by atomic mass is 16.5. The topological polar surface area (TPSA) is 71.7 Å². The van der Waals surface area contributed by atoms with Gasteiger partial charge in [0.2, 0.25) is 0 Å². The van der Waals surface area contributed by atoms with E-state index in [1.165, 1.54) is 12.5 Å². The second-order valence-corrected chi connectivity index (χ2v) is 5.43. The fraction of sp³-hybridized carbons (Fsp3) is 0.438. The maximum absolute atomic E-state index is 12.4. The number of furan rings is 1. The Hall–Kier alpha value is -2.57. The minimum absolute atomic E-state index is 0.0326. The van der Waals surface area contributed by atoms with Crippen molar-refractivity contribution in [3.8, 4) is 5.88 Å². The molecule has 0 bridgehead atoms. The molecule has 1 aliphatic heterocycles. The Bertz CT molecular complexity index is 659. The smallest absolute Gasteiger partial charge is 0.257 e. The number of hydrogen-bond acceptors (Lipinski definition) is 6. The Morgan fingerprint density at radius 2 is 2.30 bits per heavy atom. The maximum Gasteiger partial charge on any atom is 0.257 e. The van der Waals surface area contributed by atoms with E-state index in [1.807, 2.05) is 14.0 Å². The standard InChI is InChI=1S/C16H20N4O3/c1-3-23-15-14(17-6-7-18-15)20-8-4-13(10-20)19(2)16(21)12-5-9-22-11-12/h5-7,9,11,13H,3-4,8,10H2,1-2H3. The minimum atomic E-state index is -0.0326. The fourth-order valence-electron chi connectivity index (χ4n) is 2.78. The molecule has 1 atom stereocenters. The van der Waals surface area contributed by atoms with Crippen molar-refractivity contribution in [2.75, 3.05) is 31.6 Å². The van der Waals surface area contributed by atoms with Crippen LogP contribution < -0.4 is 9.64 Å². The van der Waals surface area contributed by atoms with Crippen LogP contribution in [0.25, 0.3) is 0 Å². The van der Waals surface area contributed by atoms with Crippen LogP contribution >= 0.6 is 0 Å². The van der Waals surface area contributed by atoms with Gasteiger partial charge in [0.05, 0.1) is 24.5 Å². The molecule has 7 heteroatoms. The lowest BCUT2D eigenvalue weighted by molar-refractivity contribution is 0.0744. The lowest BCUT2D eigenvalue weighted by Gasteiger charge is -2.25. The monoisotopic (exact) mass is 316 g/mol. The average molecular weight is 316 g/mol. The van der Waals surface area contributed by atoms with Gasteiger partial charge in [0.1, 0.15) is 6.26 Å². The number of hydrogen-bond donors (Lipinski definition) is 0. The highest BCUT2D eigenvalue weighted by molar-refractivity contribution is 5.93. The van der Waals surface area contributed by atoms with Crippen molar-refractivity contribution in [1.29, 1.82) is 0 Å². The molecule has 0 aliphatic carbocycles. The van der Waals surface area contributed by atoms with Gasteiger partial charge >= 0.3 is 0 Å². The van der Waals surface area contributed by atoms with Gasteiger partial charge in [0, 0.05) is 32.5 Å². The van der Waals surface area contributed by atoms with Crippen LogP contribution in [-0.2, 0) is 0 Å². The van der Waals surface area contributed by atoms with Gasteiger partial charge in [0.15, 0.2) is 5.82 Å². The van der Waals surface area contributed by atoms with E-state index in [0.717, 1.165) is 18.8 Å². The molecule has 1 fully saturated rings. The van der Waals surface area contributed by atoms with Crippen molar-refractivity contribution < 1.29 is 13.9 Å². The van der Waals surface area contributed by atoms with Crippen LogP contribution in [0.3, 0.4) is 0 Å². The second kappa shape index (κ2) is 6.68. The quantitative estimate of drug-likeness (QED) is 0.838. The van der Waals surface area contributed by atoms with E-state index < -0.39 is 0 Å². The number of likely N-dealkylation sites (N-methyl/N-ethyl adjacent to an activating group) is 1. The summed E-state index contributed by atoms with van der Waals surface area (Å²) in [7, 11) is 1.82. The van der Waals surface area contributed by atoms with E-state index in [0.29, 0.717) is 24.6 Å². The van der Waals surface area contributed by atoms with Crippen LogP contribution in [-0.4, -0.2) is 53.6 Å². The number of aromatic nitrogens is 2. The Labute approximate surface area is 134 Å². The van der Waals surface area contributed by atoms with Gasteiger partial charge in [0.25, 0.3) is 11.8 Å². The largest absolute Gasteiger partial charge is 0.475 e. The second-order valence-electron chi connectivity index (χ2n) is 5.43. The van der Waals surface area contributed by atoms with Gasteiger partial charge in [-0.2, -0.15) is 0 Å². The predicted molar refractivity (Wildman–Crippen MR) is 84.6 cm³/mol. The van der Waals surface area contributed by atoms with E-state index in [4.69, 9.17) is 9.15 Å². The molecule has 0 N–H and O–H groups in total. The Balaban J connectivity index is 1.70. The lowest BCUT2D eigenvalue weighted by Crippen LogP contribution is -2.39.